The summed E-state index contributed by atoms with van der Waals surface area (Å²) >= 11 is 0. The summed E-state index contributed by atoms with van der Waals surface area (Å²) in [4.78, 5) is 2.40. The van der Waals surface area contributed by atoms with Crippen molar-refractivity contribution in [3.8, 4) is 0 Å². The van der Waals surface area contributed by atoms with E-state index in [0.29, 0.717) is 6.04 Å². The van der Waals surface area contributed by atoms with Gasteiger partial charge in [-0.2, -0.15) is 0 Å². The fourth-order valence-electron chi connectivity index (χ4n) is 2.03. The minimum Gasteiger partial charge on any atom is -0.375 e. The SMILES string of the molecule is NC1CCCN(CNC2=CC=CC2)C1. The second kappa shape index (κ2) is 4.62. The van der Waals surface area contributed by atoms with E-state index in [-0.39, 0.29) is 0 Å². The molecule has 3 N–H and O–H groups in total. The van der Waals surface area contributed by atoms with Crippen LogP contribution in [0, 0.1) is 0 Å². The first-order valence-electron chi connectivity index (χ1n) is 5.42. The van der Waals surface area contributed by atoms with Crippen LogP contribution in [0.3, 0.4) is 0 Å². The van der Waals surface area contributed by atoms with Crippen molar-refractivity contribution in [2.24, 2.45) is 5.73 Å². The summed E-state index contributed by atoms with van der Waals surface area (Å²) < 4.78 is 0. The number of allylic oxidation sites excluding steroid dienone is 3. The molecule has 14 heavy (non-hydrogen) atoms. The maximum Gasteiger partial charge on any atom is 0.0676 e. The fraction of sp³-hybridized carbons (Fsp3) is 0.636. The number of piperidine rings is 1. The Morgan fingerprint density at radius 2 is 2.50 bits per heavy atom. The monoisotopic (exact) mass is 193 g/mol. The van der Waals surface area contributed by atoms with Gasteiger partial charge in [-0.3, -0.25) is 4.90 Å². The van der Waals surface area contributed by atoms with Crippen molar-refractivity contribution < 1.29 is 0 Å². The second-order valence-corrected chi connectivity index (χ2v) is 4.14. The van der Waals surface area contributed by atoms with E-state index in [4.69, 9.17) is 5.73 Å². The van der Waals surface area contributed by atoms with E-state index in [1.165, 1.54) is 25.1 Å². The lowest BCUT2D eigenvalue weighted by atomic mass is 10.1. The third kappa shape index (κ3) is 2.59. The zero-order chi connectivity index (χ0) is 9.80. The Bertz CT molecular complexity index is 245. The first kappa shape index (κ1) is 9.74. The van der Waals surface area contributed by atoms with Crippen LogP contribution in [-0.4, -0.2) is 30.7 Å². The van der Waals surface area contributed by atoms with E-state index < -0.39 is 0 Å². The van der Waals surface area contributed by atoms with Gasteiger partial charge in [0.25, 0.3) is 0 Å². The van der Waals surface area contributed by atoms with Crippen LogP contribution in [0.5, 0.6) is 0 Å². The molecule has 0 saturated carbocycles. The number of nitrogens with one attached hydrogen (secondary N) is 1. The van der Waals surface area contributed by atoms with Gasteiger partial charge in [-0.1, -0.05) is 12.2 Å². The maximum absolute atomic E-state index is 5.91. The smallest absolute Gasteiger partial charge is 0.0676 e. The largest absolute Gasteiger partial charge is 0.375 e. The number of nitrogens with zero attached hydrogens (tertiary/aromatic N) is 1. The van der Waals surface area contributed by atoms with Gasteiger partial charge < -0.3 is 11.1 Å². The molecule has 2 rings (SSSR count). The Labute approximate surface area is 85.6 Å². The molecular weight excluding hydrogens is 174 g/mol. The van der Waals surface area contributed by atoms with E-state index in [2.05, 4.69) is 28.4 Å². The molecule has 1 aliphatic carbocycles. The zero-order valence-electron chi connectivity index (χ0n) is 8.58. The predicted octanol–water partition coefficient (Wildman–Crippen LogP) is 0.800. The second-order valence-electron chi connectivity index (χ2n) is 4.14. The summed E-state index contributed by atoms with van der Waals surface area (Å²) in [6.45, 7) is 3.16. The summed E-state index contributed by atoms with van der Waals surface area (Å²) in [5, 5.41) is 3.44. The van der Waals surface area contributed by atoms with Crippen molar-refractivity contribution in [3.63, 3.8) is 0 Å². The Kier molecular flexibility index (Phi) is 3.22. The molecule has 0 amide bonds. The number of hydrogen-bond acceptors (Lipinski definition) is 3. The molecule has 0 aromatic rings. The highest BCUT2D eigenvalue weighted by Crippen LogP contribution is 2.09. The molecule has 78 valence electrons. The van der Waals surface area contributed by atoms with Crippen LogP contribution in [0.25, 0.3) is 0 Å². The molecule has 1 atom stereocenters. The molecule has 1 saturated heterocycles. The van der Waals surface area contributed by atoms with Crippen LogP contribution in [0.2, 0.25) is 0 Å². The van der Waals surface area contributed by atoms with Crippen molar-refractivity contribution >= 4 is 0 Å². The van der Waals surface area contributed by atoms with Gasteiger partial charge >= 0.3 is 0 Å². The van der Waals surface area contributed by atoms with Gasteiger partial charge in [0.2, 0.25) is 0 Å². The van der Waals surface area contributed by atoms with E-state index in [9.17, 15) is 0 Å². The topological polar surface area (TPSA) is 41.3 Å². The van der Waals surface area contributed by atoms with Crippen molar-refractivity contribution in [1.29, 1.82) is 0 Å². The third-order valence-corrected chi connectivity index (χ3v) is 2.84. The van der Waals surface area contributed by atoms with Crippen molar-refractivity contribution in [2.45, 2.75) is 25.3 Å². The van der Waals surface area contributed by atoms with Crippen LogP contribution >= 0.6 is 0 Å². The molecule has 1 aliphatic heterocycles. The van der Waals surface area contributed by atoms with Crippen LogP contribution < -0.4 is 11.1 Å². The quantitative estimate of drug-likeness (QED) is 0.696. The van der Waals surface area contributed by atoms with Gasteiger partial charge in [0, 0.05) is 24.7 Å². The predicted molar refractivity (Wildman–Crippen MR) is 58.6 cm³/mol. The fourth-order valence-corrected chi connectivity index (χ4v) is 2.03. The molecule has 0 aromatic heterocycles. The molecular formula is C11H19N3. The van der Waals surface area contributed by atoms with Gasteiger partial charge in [0.05, 0.1) is 6.67 Å². The molecule has 0 bridgehead atoms. The van der Waals surface area contributed by atoms with Gasteiger partial charge in [-0.15, -0.1) is 0 Å². The van der Waals surface area contributed by atoms with Gasteiger partial charge in [0.1, 0.15) is 0 Å². The van der Waals surface area contributed by atoms with E-state index in [0.717, 1.165) is 19.6 Å². The number of nitrogens with two attached hydrogens (primary N) is 1. The Morgan fingerprint density at radius 3 is 3.21 bits per heavy atom. The molecule has 1 heterocycles. The molecule has 0 spiro atoms. The zero-order valence-corrected chi connectivity index (χ0v) is 8.58. The number of likely N-dealkylation sites (tertiary alicyclic amines) is 1. The van der Waals surface area contributed by atoms with Crippen LogP contribution in [0.4, 0.5) is 0 Å². The molecule has 1 unspecified atom stereocenters. The van der Waals surface area contributed by atoms with Crippen LogP contribution in [0.15, 0.2) is 23.9 Å². The molecule has 3 heteroatoms. The van der Waals surface area contributed by atoms with Crippen LogP contribution in [0.1, 0.15) is 19.3 Å². The molecule has 2 aliphatic rings. The first-order valence-corrected chi connectivity index (χ1v) is 5.42. The Balaban J connectivity index is 1.69. The van der Waals surface area contributed by atoms with E-state index >= 15 is 0 Å². The average molecular weight is 193 g/mol. The third-order valence-electron chi connectivity index (χ3n) is 2.84. The highest BCUT2D eigenvalue weighted by Gasteiger charge is 2.15. The summed E-state index contributed by atoms with van der Waals surface area (Å²) in [6.07, 6.45) is 9.89. The minimum atomic E-state index is 0.376. The highest BCUT2D eigenvalue weighted by molar-refractivity contribution is 5.21. The number of hydrogen-bond donors (Lipinski definition) is 2. The number of rotatable bonds is 3. The lowest BCUT2D eigenvalue weighted by molar-refractivity contribution is 0.200. The summed E-state index contributed by atoms with van der Waals surface area (Å²) in [5.74, 6) is 0. The average Bonchev–Trinajstić information content (AvgIpc) is 2.67. The van der Waals surface area contributed by atoms with Crippen LogP contribution in [-0.2, 0) is 0 Å². The molecule has 0 radical (unpaired) electrons. The Hall–Kier alpha value is -0.800. The molecule has 0 aromatic carbocycles. The molecule has 3 nitrogen and oxygen atoms in total. The molecule has 1 fully saturated rings. The van der Waals surface area contributed by atoms with Crippen molar-refractivity contribution in [3.05, 3.63) is 23.9 Å². The summed E-state index contributed by atoms with van der Waals surface area (Å²) in [6, 6.07) is 0.376. The first-order chi connectivity index (χ1) is 6.84. The lowest BCUT2D eigenvalue weighted by Gasteiger charge is -2.31. The summed E-state index contributed by atoms with van der Waals surface area (Å²) in [5.41, 5.74) is 7.24. The van der Waals surface area contributed by atoms with Crippen molar-refractivity contribution in [1.82, 2.24) is 10.2 Å². The van der Waals surface area contributed by atoms with E-state index in [1.807, 2.05) is 0 Å². The standard InChI is InChI=1S/C11H19N3/c12-10-4-3-7-14(8-10)9-13-11-5-1-2-6-11/h1-2,5,10,13H,3-4,6-9,12H2. The van der Waals surface area contributed by atoms with Crippen molar-refractivity contribution in [2.75, 3.05) is 19.8 Å². The van der Waals surface area contributed by atoms with E-state index in [1.54, 1.807) is 0 Å². The van der Waals surface area contributed by atoms with Gasteiger partial charge in [0.15, 0.2) is 0 Å². The highest BCUT2D eigenvalue weighted by atomic mass is 15.2. The maximum atomic E-state index is 5.91. The lowest BCUT2D eigenvalue weighted by Crippen LogP contribution is -2.46. The van der Waals surface area contributed by atoms with Gasteiger partial charge in [-0.25, -0.2) is 0 Å². The minimum absolute atomic E-state index is 0.376. The summed E-state index contributed by atoms with van der Waals surface area (Å²) in [7, 11) is 0. The normalized spacial score (nSPS) is 27.8. The van der Waals surface area contributed by atoms with Gasteiger partial charge in [-0.05, 0) is 25.5 Å². The Morgan fingerprint density at radius 1 is 1.57 bits per heavy atom.